The second kappa shape index (κ2) is 5.59. The molecule has 21 heavy (non-hydrogen) atoms. The van der Waals surface area contributed by atoms with Crippen molar-refractivity contribution in [2.45, 2.75) is 31.0 Å². The molecule has 3 nitrogen and oxygen atoms in total. The van der Waals surface area contributed by atoms with E-state index in [1.54, 1.807) is 0 Å². The summed E-state index contributed by atoms with van der Waals surface area (Å²) in [5.41, 5.74) is 0.142. The SMILES string of the molecule is O=C(Nc1cccc(CC(F)(F)F)c1)C1CC(F)(F)CN1. The highest BCUT2D eigenvalue weighted by molar-refractivity contribution is 5.95. The van der Waals surface area contributed by atoms with E-state index in [4.69, 9.17) is 0 Å². The van der Waals surface area contributed by atoms with Crippen LogP contribution in [0.2, 0.25) is 0 Å². The highest BCUT2D eigenvalue weighted by Crippen LogP contribution is 2.26. The lowest BCUT2D eigenvalue weighted by molar-refractivity contribution is -0.127. The number of carbonyl (C=O) groups excluding carboxylic acids is 1. The number of hydrogen-bond donors (Lipinski definition) is 2. The van der Waals surface area contributed by atoms with E-state index in [0.29, 0.717) is 0 Å². The molecule has 0 aliphatic carbocycles. The Labute approximate surface area is 117 Å². The molecule has 1 saturated heterocycles. The Bertz CT molecular complexity index is 530. The van der Waals surface area contributed by atoms with E-state index < -0.39 is 43.4 Å². The van der Waals surface area contributed by atoms with Gasteiger partial charge in [0.1, 0.15) is 0 Å². The van der Waals surface area contributed by atoms with Gasteiger partial charge in [-0.1, -0.05) is 12.1 Å². The Morgan fingerprint density at radius 3 is 2.67 bits per heavy atom. The van der Waals surface area contributed by atoms with Gasteiger partial charge in [-0.25, -0.2) is 8.78 Å². The van der Waals surface area contributed by atoms with Gasteiger partial charge in [-0.2, -0.15) is 13.2 Å². The largest absolute Gasteiger partial charge is 0.393 e. The van der Waals surface area contributed by atoms with Gasteiger partial charge in [-0.05, 0) is 17.7 Å². The summed E-state index contributed by atoms with van der Waals surface area (Å²) >= 11 is 0. The van der Waals surface area contributed by atoms with E-state index in [2.05, 4.69) is 10.6 Å². The maximum atomic E-state index is 13.0. The third-order valence-corrected chi connectivity index (χ3v) is 3.03. The number of anilines is 1. The molecule has 0 spiro atoms. The predicted molar refractivity (Wildman–Crippen MR) is 66.2 cm³/mol. The molecule has 0 aromatic heterocycles. The lowest BCUT2D eigenvalue weighted by Gasteiger charge is -2.12. The van der Waals surface area contributed by atoms with E-state index in [1.165, 1.54) is 24.3 Å². The molecule has 1 heterocycles. The maximum absolute atomic E-state index is 13.0. The Hall–Kier alpha value is -1.70. The van der Waals surface area contributed by atoms with Gasteiger partial charge in [-0.3, -0.25) is 10.1 Å². The van der Waals surface area contributed by atoms with Gasteiger partial charge in [0.15, 0.2) is 0 Å². The third kappa shape index (κ3) is 4.66. The van der Waals surface area contributed by atoms with E-state index in [9.17, 15) is 26.7 Å². The quantitative estimate of drug-likeness (QED) is 0.843. The van der Waals surface area contributed by atoms with Gasteiger partial charge < -0.3 is 5.32 Å². The average Bonchev–Trinajstić information content (AvgIpc) is 2.68. The zero-order valence-corrected chi connectivity index (χ0v) is 10.8. The Balaban J connectivity index is 2.00. The second-order valence-electron chi connectivity index (χ2n) is 4.98. The average molecular weight is 308 g/mol. The molecule has 0 bridgehead atoms. The number of carbonyl (C=O) groups is 1. The molecule has 1 amide bonds. The summed E-state index contributed by atoms with van der Waals surface area (Å²) in [6.07, 6.45) is -6.09. The fourth-order valence-corrected chi connectivity index (χ4v) is 2.12. The maximum Gasteiger partial charge on any atom is 0.393 e. The van der Waals surface area contributed by atoms with Gasteiger partial charge in [-0.15, -0.1) is 0 Å². The predicted octanol–water partition coefficient (Wildman–Crippen LogP) is 2.73. The van der Waals surface area contributed by atoms with Crippen LogP contribution < -0.4 is 10.6 Å². The molecule has 1 aromatic rings. The van der Waals surface area contributed by atoms with E-state index >= 15 is 0 Å². The molecule has 0 saturated carbocycles. The van der Waals surface area contributed by atoms with E-state index in [0.717, 1.165) is 0 Å². The fourth-order valence-electron chi connectivity index (χ4n) is 2.12. The summed E-state index contributed by atoms with van der Waals surface area (Å²) in [6.45, 7) is -0.584. The summed E-state index contributed by atoms with van der Waals surface area (Å²) in [5.74, 6) is -3.63. The molecule has 2 N–H and O–H groups in total. The van der Waals surface area contributed by atoms with Crippen molar-refractivity contribution in [3.63, 3.8) is 0 Å². The molecule has 1 aliphatic rings. The number of amides is 1. The first-order valence-electron chi connectivity index (χ1n) is 6.22. The molecule has 116 valence electrons. The smallest absolute Gasteiger partial charge is 0.325 e. The number of benzene rings is 1. The molecular formula is C13H13F5N2O. The van der Waals surface area contributed by atoms with Crippen LogP contribution in [0.1, 0.15) is 12.0 Å². The van der Waals surface area contributed by atoms with Crippen molar-refractivity contribution >= 4 is 11.6 Å². The van der Waals surface area contributed by atoms with Gasteiger partial charge in [0.05, 0.1) is 19.0 Å². The van der Waals surface area contributed by atoms with Gasteiger partial charge >= 0.3 is 6.18 Å². The monoisotopic (exact) mass is 308 g/mol. The summed E-state index contributed by atoms with van der Waals surface area (Å²) in [7, 11) is 0. The summed E-state index contributed by atoms with van der Waals surface area (Å²) in [5, 5.41) is 4.72. The molecule has 0 radical (unpaired) electrons. The lowest BCUT2D eigenvalue weighted by Crippen LogP contribution is -2.35. The van der Waals surface area contributed by atoms with Gasteiger partial charge in [0.2, 0.25) is 5.91 Å². The van der Waals surface area contributed by atoms with Crippen LogP contribution in [-0.2, 0) is 11.2 Å². The highest BCUT2D eigenvalue weighted by atomic mass is 19.4. The van der Waals surface area contributed by atoms with E-state index in [1.807, 2.05) is 0 Å². The fraction of sp³-hybridized carbons (Fsp3) is 0.462. The minimum absolute atomic E-state index is 0.00925. The standard InChI is InChI=1S/C13H13F5N2O/c14-12(15)6-10(19-7-12)11(21)20-9-3-1-2-8(4-9)5-13(16,17)18/h1-4,10,19H,5-7H2,(H,20,21). The van der Waals surface area contributed by atoms with Crippen molar-refractivity contribution in [1.29, 1.82) is 0 Å². The topological polar surface area (TPSA) is 41.1 Å². The Kier molecular flexibility index (Phi) is 4.18. The number of alkyl halides is 5. The summed E-state index contributed by atoms with van der Waals surface area (Å²) in [6, 6.07) is 4.19. The molecular weight excluding hydrogens is 295 g/mol. The first-order chi connectivity index (χ1) is 9.65. The van der Waals surface area contributed by atoms with E-state index in [-0.39, 0.29) is 11.3 Å². The molecule has 1 fully saturated rings. The zero-order valence-electron chi connectivity index (χ0n) is 10.8. The van der Waals surface area contributed by atoms with Crippen LogP contribution in [0.3, 0.4) is 0 Å². The van der Waals surface area contributed by atoms with Crippen molar-refractivity contribution in [2.24, 2.45) is 0 Å². The summed E-state index contributed by atoms with van der Waals surface area (Å²) < 4.78 is 62.8. The normalized spacial score (nSPS) is 21.3. The number of nitrogens with one attached hydrogen (secondary N) is 2. The zero-order chi connectivity index (χ0) is 15.7. The number of rotatable bonds is 3. The van der Waals surface area contributed by atoms with Crippen LogP contribution in [0.5, 0.6) is 0 Å². The third-order valence-electron chi connectivity index (χ3n) is 3.03. The highest BCUT2D eigenvalue weighted by Gasteiger charge is 2.42. The van der Waals surface area contributed by atoms with Crippen LogP contribution in [0.4, 0.5) is 27.6 Å². The summed E-state index contributed by atoms with van der Waals surface area (Å²) in [4.78, 5) is 11.8. The molecule has 8 heteroatoms. The lowest BCUT2D eigenvalue weighted by atomic mass is 10.1. The molecule has 1 aliphatic heterocycles. The van der Waals surface area contributed by atoms with Crippen LogP contribution in [0, 0.1) is 0 Å². The first kappa shape index (κ1) is 15.7. The van der Waals surface area contributed by atoms with Crippen molar-refractivity contribution in [2.75, 3.05) is 11.9 Å². The van der Waals surface area contributed by atoms with Gasteiger partial charge in [0, 0.05) is 12.1 Å². The Morgan fingerprint density at radius 2 is 2.10 bits per heavy atom. The number of hydrogen-bond acceptors (Lipinski definition) is 2. The van der Waals surface area contributed by atoms with Crippen LogP contribution in [-0.4, -0.2) is 30.6 Å². The van der Waals surface area contributed by atoms with Gasteiger partial charge in [0.25, 0.3) is 5.92 Å². The van der Waals surface area contributed by atoms with Crippen molar-refractivity contribution in [1.82, 2.24) is 5.32 Å². The molecule has 2 rings (SSSR count). The number of halogens is 5. The first-order valence-corrected chi connectivity index (χ1v) is 6.22. The molecule has 1 aromatic carbocycles. The van der Waals surface area contributed by atoms with Crippen LogP contribution >= 0.6 is 0 Å². The second-order valence-corrected chi connectivity index (χ2v) is 4.98. The molecule has 1 atom stereocenters. The van der Waals surface area contributed by atoms with Crippen LogP contribution in [0.25, 0.3) is 0 Å². The molecule has 1 unspecified atom stereocenters. The van der Waals surface area contributed by atoms with Crippen molar-refractivity contribution in [3.05, 3.63) is 29.8 Å². The van der Waals surface area contributed by atoms with Crippen molar-refractivity contribution in [3.8, 4) is 0 Å². The van der Waals surface area contributed by atoms with Crippen LogP contribution in [0.15, 0.2) is 24.3 Å². The van der Waals surface area contributed by atoms with Crippen molar-refractivity contribution < 1.29 is 26.7 Å². The minimum Gasteiger partial charge on any atom is -0.325 e. The Morgan fingerprint density at radius 1 is 1.38 bits per heavy atom. The minimum atomic E-state index is -4.35.